The van der Waals surface area contributed by atoms with Crippen molar-refractivity contribution in [3.05, 3.63) is 0 Å². The molecule has 0 aromatic carbocycles. The molecule has 0 aromatic heterocycles. The number of rotatable bonds is 39. The molecule has 0 fully saturated rings. The highest BCUT2D eigenvalue weighted by atomic mass is 19.3. The van der Waals surface area contributed by atoms with Crippen LogP contribution >= 0.6 is 0 Å². The van der Waals surface area contributed by atoms with Crippen molar-refractivity contribution < 1.29 is 23.1 Å². The highest BCUT2D eigenvalue weighted by molar-refractivity contribution is 5.77. The van der Waals surface area contributed by atoms with Crippen LogP contribution in [0.3, 0.4) is 0 Å². The van der Waals surface area contributed by atoms with Gasteiger partial charge in [0, 0.05) is 25.4 Å². The summed E-state index contributed by atoms with van der Waals surface area (Å²) in [5, 5.41) is 0. The Bertz CT molecular complexity index is 797. The van der Waals surface area contributed by atoms with E-state index in [4.69, 9.17) is 4.74 Å². The highest BCUT2D eigenvalue weighted by Crippen LogP contribution is 2.28. The Balaban J connectivity index is 5.44. The van der Waals surface area contributed by atoms with Crippen molar-refractivity contribution in [1.82, 2.24) is 9.80 Å². The van der Waals surface area contributed by atoms with Crippen molar-refractivity contribution >= 4 is 11.9 Å². The first kappa shape index (κ1) is 50.8. The van der Waals surface area contributed by atoms with E-state index in [1.807, 2.05) is 14.1 Å². The minimum atomic E-state index is -3.47. The second-order valence-electron chi connectivity index (χ2n) is 16.2. The van der Waals surface area contributed by atoms with Gasteiger partial charge in [-0.3, -0.25) is 4.79 Å². The fourth-order valence-electron chi connectivity index (χ4n) is 7.34. The van der Waals surface area contributed by atoms with Crippen LogP contribution in [0.4, 0.5) is 8.78 Å². The lowest BCUT2D eigenvalue weighted by atomic mass is 9.97. The Labute approximate surface area is 322 Å². The van der Waals surface area contributed by atoms with Gasteiger partial charge < -0.3 is 14.5 Å². The van der Waals surface area contributed by atoms with E-state index in [9.17, 15) is 9.59 Å². The normalized spacial score (nSPS) is 12.6. The second-order valence-corrected chi connectivity index (χ2v) is 16.2. The number of unbranched alkanes of at least 4 members (excludes halogenated alkanes) is 20. The van der Waals surface area contributed by atoms with Crippen molar-refractivity contribution in [3.8, 4) is 0 Å². The van der Waals surface area contributed by atoms with E-state index in [0.29, 0.717) is 25.7 Å². The van der Waals surface area contributed by atoms with Gasteiger partial charge in [0.05, 0.1) is 0 Å². The van der Waals surface area contributed by atoms with Crippen LogP contribution in [0.2, 0.25) is 0 Å². The number of alkyl halides is 2. The van der Waals surface area contributed by atoms with Crippen LogP contribution in [-0.4, -0.2) is 66.9 Å². The zero-order valence-corrected chi connectivity index (χ0v) is 35.6. The Morgan fingerprint density at radius 3 is 1.40 bits per heavy atom. The monoisotopic (exact) mass is 743 g/mol. The lowest BCUT2D eigenvalue weighted by Crippen LogP contribution is -2.41. The van der Waals surface area contributed by atoms with Gasteiger partial charge in [-0.2, -0.15) is 8.78 Å². The first-order valence-electron chi connectivity index (χ1n) is 22.7. The van der Waals surface area contributed by atoms with Crippen molar-refractivity contribution in [3.63, 3.8) is 0 Å². The molecule has 0 aromatic rings. The molecule has 7 heteroatoms. The Hall–Kier alpha value is -1.24. The van der Waals surface area contributed by atoms with Crippen molar-refractivity contribution in [2.24, 2.45) is 0 Å². The average molecular weight is 743 g/mol. The summed E-state index contributed by atoms with van der Waals surface area (Å²) >= 11 is 0. The van der Waals surface area contributed by atoms with E-state index < -0.39 is 24.4 Å². The molecular formula is C45H88F2N2O3. The molecule has 0 saturated heterocycles. The summed E-state index contributed by atoms with van der Waals surface area (Å²) in [5.74, 6) is -4.59. The molecule has 0 spiro atoms. The summed E-state index contributed by atoms with van der Waals surface area (Å²) in [6.07, 6.45) is 30.9. The standard InChI is InChI=1S/C45H88F2N2O3/c1-7-11-15-19-21-23-25-31-40-49(43(50)37-32-39-48(5)6)41(33-26-24-22-20-16-12-8-2)34-29-30-38-45(46,47)44(51)52-42(35-27-17-13-9-3)36-28-18-14-10-4/h41-42H,7-40H2,1-6H3. The number of hydrogen-bond acceptors (Lipinski definition) is 4. The lowest BCUT2D eigenvalue weighted by Gasteiger charge is -2.33. The molecule has 0 aliphatic rings. The number of ether oxygens (including phenoxy) is 1. The molecule has 5 nitrogen and oxygen atoms in total. The molecule has 0 N–H and O–H groups in total. The van der Waals surface area contributed by atoms with Crippen LogP contribution in [0, 0.1) is 0 Å². The number of carbonyl (C=O) groups is 2. The van der Waals surface area contributed by atoms with Gasteiger partial charge in [-0.25, -0.2) is 4.79 Å². The summed E-state index contributed by atoms with van der Waals surface area (Å²) in [4.78, 5) is 30.8. The summed E-state index contributed by atoms with van der Waals surface area (Å²) < 4.78 is 36.0. The van der Waals surface area contributed by atoms with Crippen molar-refractivity contribution in [2.75, 3.05) is 27.2 Å². The first-order valence-corrected chi connectivity index (χ1v) is 22.7. The number of halogens is 2. The molecule has 0 rings (SSSR count). The molecule has 0 heterocycles. The van der Waals surface area contributed by atoms with Crippen LogP contribution in [0.1, 0.15) is 233 Å². The molecule has 1 unspecified atom stereocenters. The highest BCUT2D eigenvalue weighted by Gasteiger charge is 2.41. The van der Waals surface area contributed by atoms with Crippen LogP contribution in [0.25, 0.3) is 0 Å². The Kier molecular flexibility index (Phi) is 34.6. The number of nitrogens with zero attached hydrogens (tertiary/aromatic N) is 2. The molecule has 0 aliphatic heterocycles. The third-order valence-corrected chi connectivity index (χ3v) is 10.8. The minimum Gasteiger partial charge on any atom is -0.458 e. The predicted octanol–water partition coefficient (Wildman–Crippen LogP) is 13.9. The number of hydrogen-bond donors (Lipinski definition) is 0. The number of carbonyl (C=O) groups excluding carboxylic acids is 2. The maximum absolute atomic E-state index is 15.2. The zero-order valence-electron chi connectivity index (χ0n) is 35.6. The average Bonchev–Trinajstić information content (AvgIpc) is 3.11. The molecule has 0 radical (unpaired) electrons. The van der Waals surface area contributed by atoms with Crippen LogP contribution < -0.4 is 0 Å². The molecule has 310 valence electrons. The summed E-state index contributed by atoms with van der Waals surface area (Å²) in [6, 6.07) is 0.0725. The summed E-state index contributed by atoms with van der Waals surface area (Å²) in [7, 11) is 4.08. The number of esters is 1. The largest absolute Gasteiger partial charge is 0.458 e. The van der Waals surface area contributed by atoms with Crippen LogP contribution in [-0.2, 0) is 14.3 Å². The SMILES string of the molecule is CCCCCCCCCCN(C(=O)CCCN(C)C)C(CCCCCCCCC)CCCCC(F)(F)C(=O)OC(CCCCCC)CCCCCC. The maximum atomic E-state index is 15.2. The zero-order chi connectivity index (χ0) is 38.7. The molecule has 1 amide bonds. The topological polar surface area (TPSA) is 49.9 Å². The smallest absolute Gasteiger partial charge is 0.377 e. The van der Waals surface area contributed by atoms with E-state index in [0.717, 1.165) is 109 Å². The number of amides is 1. The summed E-state index contributed by atoms with van der Waals surface area (Å²) in [6.45, 7) is 10.4. The third kappa shape index (κ3) is 29.2. The third-order valence-electron chi connectivity index (χ3n) is 10.8. The molecular weight excluding hydrogens is 655 g/mol. The van der Waals surface area contributed by atoms with Crippen LogP contribution in [0.15, 0.2) is 0 Å². The maximum Gasteiger partial charge on any atom is 0.377 e. The van der Waals surface area contributed by atoms with Crippen molar-refractivity contribution in [1.29, 1.82) is 0 Å². The Morgan fingerprint density at radius 1 is 0.519 bits per heavy atom. The van der Waals surface area contributed by atoms with E-state index in [1.165, 1.54) is 70.6 Å². The lowest BCUT2D eigenvalue weighted by molar-refractivity contribution is -0.179. The predicted molar refractivity (Wildman–Crippen MR) is 219 cm³/mol. The van der Waals surface area contributed by atoms with E-state index in [-0.39, 0.29) is 18.4 Å². The molecule has 52 heavy (non-hydrogen) atoms. The Morgan fingerprint density at radius 2 is 0.923 bits per heavy atom. The van der Waals surface area contributed by atoms with Crippen LogP contribution in [0.5, 0.6) is 0 Å². The van der Waals surface area contributed by atoms with Gasteiger partial charge >= 0.3 is 11.9 Å². The van der Waals surface area contributed by atoms with E-state index >= 15 is 8.78 Å². The van der Waals surface area contributed by atoms with Gasteiger partial charge in [0.1, 0.15) is 6.10 Å². The molecule has 0 aliphatic carbocycles. The van der Waals surface area contributed by atoms with Gasteiger partial charge in [0.2, 0.25) is 5.91 Å². The van der Waals surface area contributed by atoms with E-state index in [1.54, 1.807) is 0 Å². The molecule has 1 atom stereocenters. The quantitative estimate of drug-likeness (QED) is 0.0465. The van der Waals surface area contributed by atoms with Gasteiger partial charge in [-0.1, -0.05) is 163 Å². The molecule has 0 saturated carbocycles. The van der Waals surface area contributed by atoms with Crippen molar-refractivity contribution in [2.45, 2.75) is 251 Å². The molecule has 0 bridgehead atoms. The second kappa shape index (κ2) is 35.5. The van der Waals surface area contributed by atoms with Gasteiger partial charge in [-0.15, -0.1) is 0 Å². The summed E-state index contributed by atoms with van der Waals surface area (Å²) in [5.41, 5.74) is 0. The van der Waals surface area contributed by atoms with Gasteiger partial charge in [0.15, 0.2) is 0 Å². The fourth-order valence-corrected chi connectivity index (χ4v) is 7.34. The van der Waals surface area contributed by atoms with Gasteiger partial charge in [-0.05, 0) is 78.4 Å². The first-order chi connectivity index (χ1) is 25.1. The minimum absolute atomic E-state index is 0.0725. The van der Waals surface area contributed by atoms with E-state index in [2.05, 4.69) is 37.5 Å². The van der Waals surface area contributed by atoms with Gasteiger partial charge in [0.25, 0.3) is 0 Å². The fraction of sp³-hybridized carbons (Fsp3) is 0.956.